The molecule has 0 aromatic rings. The second kappa shape index (κ2) is 6.76. The van der Waals surface area contributed by atoms with Gasteiger partial charge in [0.2, 0.25) is 0 Å². The summed E-state index contributed by atoms with van der Waals surface area (Å²) in [5, 5.41) is 10.8. The highest BCUT2D eigenvalue weighted by Gasteiger charge is 2.23. The van der Waals surface area contributed by atoms with E-state index in [2.05, 4.69) is 11.2 Å². The Balaban J connectivity index is 4.38. The van der Waals surface area contributed by atoms with E-state index in [4.69, 9.17) is 16.4 Å². The van der Waals surface area contributed by atoms with Gasteiger partial charge in [0.05, 0.1) is 0 Å². The van der Waals surface area contributed by atoms with Crippen LogP contribution in [0, 0.1) is 12.3 Å². The predicted molar refractivity (Wildman–Crippen MR) is 61.2 cm³/mol. The number of carbonyl (C=O) groups excluding carboxylic acids is 2. The zero-order chi connectivity index (χ0) is 13.5. The molecule has 0 bridgehead atoms. The zero-order valence-corrected chi connectivity index (χ0v) is 10.2. The SMILES string of the molecule is C#CCC[C@H](NC(=O)OC(C)(C)C)C(=O)NO. The van der Waals surface area contributed by atoms with Crippen molar-refractivity contribution in [1.29, 1.82) is 0 Å². The fourth-order valence-electron chi connectivity index (χ4n) is 1.02. The van der Waals surface area contributed by atoms with Gasteiger partial charge in [-0.2, -0.15) is 0 Å². The Bertz CT molecular complexity index is 314. The van der Waals surface area contributed by atoms with E-state index >= 15 is 0 Å². The third-order valence-corrected chi connectivity index (χ3v) is 1.69. The molecule has 0 radical (unpaired) electrons. The summed E-state index contributed by atoms with van der Waals surface area (Å²) in [6.07, 6.45) is 4.85. The highest BCUT2D eigenvalue weighted by molar-refractivity contribution is 5.84. The number of ether oxygens (including phenoxy) is 1. The van der Waals surface area contributed by atoms with Crippen LogP contribution in [0.5, 0.6) is 0 Å². The van der Waals surface area contributed by atoms with Crippen LogP contribution in [0.4, 0.5) is 4.79 Å². The van der Waals surface area contributed by atoms with E-state index in [0.717, 1.165) is 0 Å². The number of hydrogen-bond donors (Lipinski definition) is 3. The van der Waals surface area contributed by atoms with Gasteiger partial charge >= 0.3 is 6.09 Å². The minimum Gasteiger partial charge on any atom is -0.444 e. The molecule has 0 saturated carbocycles. The lowest BCUT2D eigenvalue weighted by Crippen LogP contribution is -2.47. The number of carbonyl (C=O) groups is 2. The topological polar surface area (TPSA) is 87.7 Å². The molecule has 0 aliphatic heterocycles. The third kappa shape index (κ3) is 7.19. The summed E-state index contributed by atoms with van der Waals surface area (Å²) in [5.74, 6) is 1.61. The van der Waals surface area contributed by atoms with Crippen LogP contribution in [0.2, 0.25) is 0 Å². The van der Waals surface area contributed by atoms with E-state index in [1.54, 1.807) is 20.8 Å². The van der Waals surface area contributed by atoms with Gasteiger partial charge in [0.15, 0.2) is 0 Å². The molecule has 0 aromatic carbocycles. The van der Waals surface area contributed by atoms with Crippen molar-refractivity contribution in [3.8, 4) is 12.3 Å². The van der Waals surface area contributed by atoms with Crippen LogP contribution in [0.15, 0.2) is 0 Å². The van der Waals surface area contributed by atoms with Crippen LogP contribution >= 0.6 is 0 Å². The van der Waals surface area contributed by atoms with Gasteiger partial charge in [0.25, 0.3) is 5.91 Å². The number of hydroxylamine groups is 1. The van der Waals surface area contributed by atoms with Crippen LogP contribution in [-0.4, -0.2) is 28.9 Å². The summed E-state index contributed by atoms with van der Waals surface area (Å²) >= 11 is 0. The van der Waals surface area contributed by atoms with Crippen LogP contribution in [0.1, 0.15) is 33.6 Å². The predicted octanol–water partition coefficient (Wildman–Crippen LogP) is 0.798. The molecule has 2 amide bonds. The number of hydrogen-bond acceptors (Lipinski definition) is 4. The van der Waals surface area contributed by atoms with E-state index in [9.17, 15) is 9.59 Å². The first-order chi connectivity index (χ1) is 7.80. The summed E-state index contributed by atoms with van der Waals surface area (Å²) in [6, 6.07) is -0.911. The quantitative estimate of drug-likeness (QED) is 0.386. The van der Waals surface area contributed by atoms with E-state index < -0.39 is 23.6 Å². The average molecular weight is 242 g/mol. The lowest BCUT2D eigenvalue weighted by atomic mass is 10.1. The van der Waals surface area contributed by atoms with Gasteiger partial charge < -0.3 is 10.1 Å². The standard InChI is InChI=1S/C11H18N2O4/c1-5-6-7-8(9(14)13-16)12-10(15)17-11(2,3)4/h1,8,16H,6-7H2,2-4H3,(H,12,15)(H,13,14)/t8-/m0/s1. The molecule has 1 atom stereocenters. The second-order valence-corrected chi connectivity index (χ2v) is 4.42. The number of terminal acetylenes is 1. The zero-order valence-electron chi connectivity index (χ0n) is 10.2. The monoisotopic (exact) mass is 242 g/mol. The number of amides is 2. The fourth-order valence-corrected chi connectivity index (χ4v) is 1.02. The Morgan fingerprint density at radius 3 is 2.47 bits per heavy atom. The van der Waals surface area contributed by atoms with E-state index in [0.29, 0.717) is 6.42 Å². The first kappa shape index (κ1) is 15.3. The van der Waals surface area contributed by atoms with Crippen molar-refractivity contribution < 1.29 is 19.5 Å². The molecule has 17 heavy (non-hydrogen) atoms. The maximum absolute atomic E-state index is 11.4. The van der Waals surface area contributed by atoms with Crippen molar-refractivity contribution >= 4 is 12.0 Å². The van der Waals surface area contributed by atoms with Gasteiger partial charge in [0.1, 0.15) is 11.6 Å². The molecule has 0 heterocycles. The molecule has 0 rings (SSSR count). The number of nitrogens with one attached hydrogen (secondary N) is 2. The van der Waals surface area contributed by atoms with Gasteiger partial charge in [0, 0.05) is 6.42 Å². The largest absolute Gasteiger partial charge is 0.444 e. The normalized spacial score (nSPS) is 12.2. The van der Waals surface area contributed by atoms with Crippen molar-refractivity contribution in [2.24, 2.45) is 0 Å². The summed E-state index contributed by atoms with van der Waals surface area (Å²) < 4.78 is 4.98. The van der Waals surface area contributed by atoms with E-state index in [1.165, 1.54) is 5.48 Å². The van der Waals surface area contributed by atoms with Crippen LogP contribution in [0.25, 0.3) is 0 Å². The van der Waals surface area contributed by atoms with Crippen molar-refractivity contribution in [3.05, 3.63) is 0 Å². The lowest BCUT2D eigenvalue weighted by Gasteiger charge is -2.22. The van der Waals surface area contributed by atoms with E-state index in [-0.39, 0.29) is 6.42 Å². The molecular formula is C11H18N2O4. The van der Waals surface area contributed by atoms with Crippen molar-refractivity contribution in [2.45, 2.75) is 45.3 Å². The summed E-state index contributed by atoms with van der Waals surface area (Å²) in [7, 11) is 0. The second-order valence-electron chi connectivity index (χ2n) is 4.42. The molecule has 0 spiro atoms. The molecule has 0 unspecified atom stereocenters. The van der Waals surface area contributed by atoms with Crippen LogP contribution < -0.4 is 10.8 Å². The maximum Gasteiger partial charge on any atom is 0.408 e. The molecule has 6 nitrogen and oxygen atoms in total. The molecule has 96 valence electrons. The fraction of sp³-hybridized carbons (Fsp3) is 0.636. The Hall–Kier alpha value is -1.74. The molecule has 6 heteroatoms. The molecule has 0 fully saturated rings. The molecule has 0 aliphatic rings. The summed E-state index contributed by atoms with van der Waals surface area (Å²) in [6.45, 7) is 5.11. The summed E-state index contributed by atoms with van der Waals surface area (Å²) in [4.78, 5) is 22.6. The molecule has 0 saturated heterocycles. The minimum absolute atomic E-state index is 0.224. The Morgan fingerprint density at radius 1 is 1.47 bits per heavy atom. The van der Waals surface area contributed by atoms with E-state index in [1.807, 2.05) is 0 Å². The molecule has 0 aromatic heterocycles. The Labute approximate surface area is 101 Å². The van der Waals surface area contributed by atoms with Crippen molar-refractivity contribution in [3.63, 3.8) is 0 Å². The lowest BCUT2D eigenvalue weighted by molar-refractivity contribution is -0.131. The van der Waals surface area contributed by atoms with Crippen LogP contribution in [-0.2, 0) is 9.53 Å². The maximum atomic E-state index is 11.4. The van der Waals surface area contributed by atoms with Gasteiger partial charge in [-0.3, -0.25) is 10.0 Å². The number of alkyl carbamates (subject to hydrolysis) is 1. The average Bonchev–Trinajstić information content (AvgIpc) is 2.20. The highest BCUT2D eigenvalue weighted by Crippen LogP contribution is 2.07. The Morgan fingerprint density at radius 2 is 2.06 bits per heavy atom. The van der Waals surface area contributed by atoms with Gasteiger partial charge in [-0.05, 0) is 27.2 Å². The van der Waals surface area contributed by atoms with Gasteiger partial charge in [-0.1, -0.05) is 0 Å². The molecule has 0 aliphatic carbocycles. The summed E-state index contributed by atoms with van der Waals surface area (Å²) in [5.41, 5.74) is 0.808. The molecular weight excluding hydrogens is 224 g/mol. The smallest absolute Gasteiger partial charge is 0.408 e. The molecule has 3 N–H and O–H groups in total. The third-order valence-electron chi connectivity index (χ3n) is 1.69. The van der Waals surface area contributed by atoms with Crippen molar-refractivity contribution in [2.75, 3.05) is 0 Å². The number of rotatable bonds is 4. The van der Waals surface area contributed by atoms with Crippen LogP contribution in [0.3, 0.4) is 0 Å². The minimum atomic E-state index is -0.911. The Kier molecular flexibility index (Phi) is 6.07. The first-order valence-electron chi connectivity index (χ1n) is 5.17. The highest BCUT2D eigenvalue weighted by atomic mass is 16.6. The van der Waals surface area contributed by atoms with Gasteiger partial charge in [-0.15, -0.1) is 12.3 Å². The van der Waals surface area contributed by atoms with Crippen molar-refractivity contribution in [1.82, 2.24) is 10.8 Å². The first-order valence-corrected chi connectivity index (χ1v) is 5.17. The van der Waals surface area contributed by atoms with Gasteiger partial charge in [-0.25, -0.2) is 10.3 Å².